The van der Waals surface area contributed by atoms with Crippen molar-refractivity contribution >= 4 is 22.4 Å². The van der Waals surface area contributed by atoms with E-state index in [0.717, 1.165) is 5.69 Å². The highest BCUT2D eigenvalue weighted by atomic mass is 16.5. The fourth-order valence-electron chi connectivity index (χ4n) is 4.67. The minimum atomic E-state index is -0.718. The third-order valence-electron chi connectivity index (χ3n) is 6.59. The predicted octanol–water partition coefficient (Wildman–Crippen LogP) is 4.35. The van der Waals surface area contributed by atoms with E-state index in [4.69, 9.17) is 29.4 Å². The third kappa shape index (κ3) is 5.00. The van der Waals surface area contributed by atoms with Gasteiger partial charge in [0.05, 0.1) is 52.0 Å². The largest absolute Gasteiger partial charge is 0.493 e. The van der Waals surface area contributed by atoms with Crippen LogP contribution in [0.4, 0.5) is 5.69 Å². The molecule has 5 rings (SSSR count). The molecule has 3 N–H and O–H groups in total. The van der Waals surface area contributed by atoms with E-state index in [9.17, 15) is 9.59 Å². The number of imidazole rings is 1. The number of rotatable bonds is 9. The van der Waals surface area contributed by atoms with Crippen LogP contribution in [0.2, 0.25) is 0 Å². The second-order valence-corrected chi connectivity index (χ2v) is 8.93. The van der Waals surface area contributed by atoms with Crippen molar-refractivity contribution in [3.05, 3.63) is 88.9 Å². The standard InChI is InChI=1S/C30H28N4O7/c1-37-24-11-17(12-25(38-2)28(24)39-3)26-22-10-9-21(41-15-19-14-32-16-33-19)13-23(22)29(35)34(27(26)30(36)40-4)20-7-5-18(31)6-8-20/h5-14,16H,15,31H2,1-4H3,(H,32,33). The molecule has 0 aliphatic heterocycles. The summed E-state index contributed by atoms with van der Waals surface area (Å²) in [6.07, 6.45) is 3.21. The van der Waals surface area contributed by atoms with Crippen LogP contribution >= 0.6 is 0 Å². The van der Waals surface area contributed by atoms with Gasteiger partial charge < -0.3 is 34.4 Å². The Balaban J connectivity index is 1.87. The smallest absolute Gasteiger partial charge is 0.355 e. The van der Waals surface area contributed by atoms with Gasteiger partial charge in [0.25, 0.3) is 5.56 Å². The fourth-order valence-corrected chi connectivity index (χ4v) is 4.67. The Kier molecular flexibility index (Phi) is 7.51. The summed E-state index contributed by atoms with van der Waals surface area (Å²) in [5.41, 5.74) is 8.12. The number of nitrogens with one attached hydrogen (secondary N) is 1. The molecule has 3 aromatic carbocycles. The first-order chi connectivity index (χ1) is 19.9. The van der Waals surface area contributed by atoms with Crippen LogP contribution in [0.5, 0.6) is 23.0 Å². The third-order valence-corrected chi connectivity index (χ3v) is 6.59. The molecule has 0 amide bonds. The van der Waals surface area contributed by atoms with Gasteiger partial charge in [0, 0.05) is 16.9 Å². The van der Waals surface area contributed by atoms with Gasteiger partial charge in [-0.05, 0) is 65.5 Å². The number of nitrogen functional groups attached to an aromatic ring is 1. The molecular weight excluding hydrogens is 528 g/mol. The number of hydrogen-bond donors (Lipinski definition) is 2. The zero-order valence-electron chi connectivity index (χ0n) is 22.9. The lowest BCUT2D eigenvalue weighted by Crippen LogP contribution is -2.27. The minimum Gasteiger partial charge on any atom is -0.493 e. The van der Waals surface area contributed by atoms with Crippen LogP contribution in [0.1, 0.15) is 16.2 Å². The SMILES string of the molecule is COC(=O)c1c(-c2cc(OC)c(OC)c(OC)c2)c2ccc(OCc3cnc[nH]3)cc2c(=O)n1-c1ccc(N)cc1. The first-order valence-electron chi connectivity index (χ1n) is 12.5. The van der Waals surface area contributed by atoms with Crippen LogP contribution in [0.3, 0.4) is 0 Å². The number of esters is 1. The zero-order valence-corrected chi connectivity index (χ0v) is 22.9. The topological polar surface area (TPSA) is 140 Å². The molecule has 2 heterocycles. The first-order valence-corrected chi connectivity index (χ1v) is 12.5. The lowest BCUT2D eigenvalue weighted by atomic mass is 9.95. The maximum atomic E-state index is 14.2. The van der Waals surface area contributed by atoms with Crippen molar-refractivity contribution in [1.29, 1.82) is 0 Å². The van der Waals surface area contributed by atoms with Crippen molar-refractivity contribution < 1.29 is 28.5 Å². The summed E-state index contributed by atoms with van der Waals surface area (Å²) in [5, 5.41) is 0.797. The van der Waals surface area contributed by atoms with E-state index in [1.807, 2.05) is 0 Å². The Morgan fingerprint density at radius 2 is 1.63 bits per heavy atom. The predicted molar refractivity (Wildman–Crippen MR) is 153 cm³/mol. The number of benzene rings is 3. The van der Waals surface area contributed by atoms with Crippen molar-refractivity contribution in [3.8, 4) is 39.8 Å². The molecule has 5 aromatic rings. The molecule has 0 radical (unpaired) electrons. The molecule has 0 atom stereocenters. The minimum absolute atomic E-state index is 0.00942. The molecular formula is C30H28N4O7. The molecule has 0 aliphatic rings. The number of carbonyl (C=O) groups excluding carboxylic acids is 1. The summed E-state index contributed by atoms with van der Waals surface area (Å²) >= 11 is 0. The molecule has 0 unspecified atom stereocenters. The van der Waals surface area contributed by atoms with Gasteiger partial charge in [-0.25, -0.2) is 9.78 Å². The van der Waals surface area contributed by atoms with Gasteiger partial charge in [-0.1, -0.05) is 0 Å². The highest BCUT2D eigenvalue weighted by molar-refractivity contribution is 6.07. The number of H-pyrrole nitrogens is 1. The Labute approximate surface area is 235 Å². The van der Waals surface area contributed by atoms with E-state index in [2.05, 4.69) is 9.97 Å². The van der Waals surface area contributed by atoms with Crippen molar-refractivity contribution in [2.75, 3.05) is 34.2 Å². The molecule has 210 valence electrons. The Hall–Kier alpha value is -5.45. The number of ether oxygens (including phenoxy) is 5. The van der Waals surface area contributed by atoms with Crippen LogP contribution in [-0.2, 0) is 11.3 Å². The number of methoxy groups -OCH3 is 4. The van der Waals surface area contributed by atoms with Crippen molar-refractivity contribution in [2.24, 2.45) is 0 Å². The van der Waals surface area contributed by atoms with Crippen LogP contribution in [-0.4, -0.2) is 48.9 Å². The zero-order chi connectivity index (χ0) is 29.1. The van der Waals surface area contributed by atoms with Gasteiger partial charge in [-0.2, -0.15) is 0 Å². The van der Waals surface area contributed by atoms with Crippen molar-refractivity contribution in [2.45, 2.75) is 6.61 Å². The van der Waals surface area contributed by atoms with Crippen LogP contribution in [0.15, 0.2) is 71.9 Å². The molecule has 11 heteroatoms. The lowest BCUT2D eigenvalue weighted by Gasteiger charge is -2.21. The Morgan fingerprint density at radius 1 is 0.927 bits per heavy atom. The van der Waals surface area contributed by atoms with Gasteiger partial charge in [0.1, 0.15) is 18.1 Å². The second-order valence-electron chi connectivity index (χ2n) is 8.93. The van der Waals surface area contributed by atoms with Gasteiger partial charge in [-0.3, -0.25) is 9.36 Å². The average Bonchev–Trinajstić information content (AvgIpc) is 3.53. The molecule has 0 aliphatic carbocycles. The summed E-state index contributed by atoms with van der Waals surface area (Å²) in [7, 11) is 5.76. The summed E-state index contributed by atoms with van der Waals surface area (Å²) in [4.78, 5) is 34.6. The maximum Gasteiger partial charge on any atom is 0.355 e. The summed E-state index contributed by atoms with van der Waals surface area (Å²) in [6.45, 7) is 0.220. The highest BCUT2D eigenvalue weighted by Crippen LogP contribution is 2.44. The van der Waals surface area contributed by atoms with E-state index in [1.54, 1.807) is 67.1 Å². The number of nitrogens with zero attached hydrogens (tertiary/aromatic N) is 2. The van der Waals surface area contributed by atoms with E-state index in [-0.39, 0.29) is 12.3 Å². The summed E-state index contributed by atoms with van der Waals surface area (Å²) < 4.78 is 29.1. The van der Waals surface area contributed by atoms with Crippen LogP contribution in [0.25, 0.3) is 27.6 Å². The highest BCUT2D eigenvalue weighted by Gasteiger charge is 2.27. The molecule has 0 saturated carbocycles. The summed E-state index contributed by atoms with van der Waals surface area (Å²) in [5.74, 6) is 0.856. The lowest BCUT2D eigenvalue weighted by molar-refractivity contribution is 0.0591. The van der Waals surface area contributed by atoms with E-state index in [0.29, 0.717) is 56.3 Å². The fraction of sp³-hybridized carbons (Fsp3) is 0.167. The molecule has 0 spiro atoms. The van der Waals surface area contributed by atoms with E-state index < -0.39 is 11.5 Å². The number of pyridine rings is 1. The molecule has 0 bridgehead atoms. The molecule has 0 saturated heterocycles. The average molecular weight is 557 g/mol. The first kappa shape index (κ1) is 27.1. The second kappa shape index (κ2) is 11.3. The molecule has 11 nitrogen and oxygen atoms in total. The van der Waals surface area contributed by atoms with Crippen molar-refractivity contribution in [1.82, 2.24) is 14.5 Å². The van der Waals surface area contributed by atoms with Gasteiger partial charge >= 0.3 is 5.97 Å². The summed E-state index contributed by atoms with van der Waals surface area (Å²) in [6, 6.07) is 15.1. The van der Waals surface area contributed by atoms with E-state index in [1.165, 1.54) is 33.0 Å². The van der Waals surface area contributed by atoms with Gasteiger partial charge in [0.2, 0.25) is 5.75 Å². The maximum absolute atomic E-state index is 14.2. The number of aromatic nitrogens is 3. The number of nitrogens with two attached hydrogens (primary N) is 1. The molecule has 41 heavy (non-hydrogen) atoms. The van der Waals surface area contributed by atoms with Gasteiger partial charge in [-0.15, -0.1) is 0 Å². The van der Waals surface area contributed by atoms with Crippen LogP contribution < -0.4 is 30.2 Å². The van der Waals surface area contributed by atoms with Crippen molar-refractivity contribution in [3.63, 3.8) is 0 Å². The molecule has 0 fully saturated rings. The quantitative estimate of drug-likeness (QED) is 0.200. The monoisotopic (exact) mass is 556 g/mol. The molecule has 2 aromatic heterocycles. The number of fused-ring (bicyclic) bond motifs is 1. The number of hydrogen-bond acceptors (Lipinski definition) is 9. The number of aromatic amines is 1. The Bertz CT molecular complexity index is 1750. The van der Waals surface area contributed by atoms with Crippen LogP contribution in [0, 0.1) is 0 Å². The normalized spacial score (nSPS) is 10.8. The number of carbonyl (C=O) groups is 1. The van der Waals surface area contributed by atoms with Gasteiger partial charge in [0.15, 0.2) is 11.5 Å². The Morgan fingerprint density at radius 3 is 2.22 bits per heavy atom. The number of anilines is 1. The van der Waals surface area contributed by atoms with E-state index >= 15 is 0 Å².